The van der Waals surface area contributed by atoms with Crippen LogP contribution in [0.25, 0.3) is 0 Å². The highest BCUT2D eigenvalue weighted by molar-refractivity contribution is 9.10. The Morgan fingerprint density at radius 3 is 2.94 bits per heavy atom. The minimum absolute atomic E-state index is 0.181. The fourth-order valence-corrected chi connectivity index (χ4v) is 3.45. The van der Waals surface area contributed by atoms with Gasteiger partial charge in [0.1, 0.15) is 5.54 Å². The van der Waals surface area contributed by atoms with Crippen LogP contribution in [0, 0.1) is 18.3 Å². The zero-order valence-corrected chi connectivity index (χ0v) is 12.4. The summed E-state index contributed by atoms with van der Waals surface area (Å²) in [6.45, 7) is 1.97. The molecule has 0 bridgehead atoms. The van der Waals surface area contributed by atoms with Gasteiger partial charge in [-0.05, 0) is 36.8 Å². The van der Waals surface area contributed by atoms with E-state index in [1.165, 1.54) is 0 Å². The number of nitrogens with one attached hydrogen (secondary N) is 1. The predicted octanol–water partition coefficient (Wildman–Crippen LogP) is 2.89. The highest BCUT2D eigenvalue weighted by atomic mass is 79.9. The van der Waals surface area contributed by atoms with E-state index in [4.69, 9.17) is 0 Å². The molecule has 0 aromatic heterocycles. The summed E-state index contributed by atoms with van der Waals surface area (Å²) in [5.74, 6) is 1.41. The molecule has 0 radical (unpaired) electrons. The van der Waals surface area contributed by atoms with Crippen molar-refractivity contribution in [3.63, 3.8) is 0 Å². The number of thioether (sulfide) groups is 1. The minimum atomic E-state index is -0.695. The van der Waals surface area contributed by atoms with E-state index in [-0.39, 0.29) is 5.91 Å². The summed E-state index contributed by atoms with van der Waals surface area (Å²) in [4.78, 5) is 12.1. The van der Waals surface area contributed by atoms with Crippen LogP contribution in [0.1, 0.15) is 22.3 Å². The van der Waals surface area contributed by atoms with Gasteiger partial charge >= 0.3 is 0 Å². The van der Waals surface area contributed by atoms with Crippen molar-refractivity contribution in [3.8, 4) is 6.07 Å². The Morgan fingerprint density at radius 2 is 2.39 bits per heavy atom. The van der Waals surface area contributed by atoms with Gasteiger partial charge in [0.2, 0.25) is 0 Å². The monoisotopic (exact) mass is 324 g/mol. The number of amides is 1. The van der Waals surface area contributed by atoms with Gasteiger partial charge in [0, 0.05) is 15.8 Å². The van der Waals surface area contributed by atoms with E-state index in [0.717, 1.165) is 15.8 Å². The summed E-state index contributed by atoms with van der Waals surface area (Å²) in [6, 6.07) is 7.70. The van der Waals surface area contributed by atoms with Crippen LogP contribution in [-0.2, 0) is 0 Å². The first-order chi connectivity index (χ1) is 8.56. The molecular weight excluding hydrogens is 312 g/mol. The lowest BCUT2D eigenvalue weighted by Crippen LogP contribution is -2.47. The summed E-state index contributed by atoms with van der Waals surface area (Å²) in [5.41, 5.74) is 0.969. The molecule has 2 rings (SSSR count). The Hall–Kier alpha value is -0.990. The molecule has 3 nitrogen and oxygen atoms in total. The van der Waals surface area contributed by atoms with Crippen molar-refractivity contribution in [3.05, 3.63) is 33.8 Å². The van der Waals surface area contributed by atoms with Crippen molar-refractivity contribution in [1.29, 1.82) is 5.26 Å². The lowest BCUT2D eigenvalue weighted by molar-refractivity contribution is 0.0926. The summed E-state index contributed by atoms with van der Waals surface area (Å²) in [7, 11) is 0. The molecule has 1 aliphatic heterocycles. The van der Waals surface area contributed by atoms with Crippen LogP contribution < -0.4 is 5.32 Å². The first-order valence-corrected chi connectivity index (χ1v) is 7.59. The van der Waals surface area contributed by atoms with Gasteiger partial charge in [0.05, 0.1) is 6.07 Å². The molecule has 18 heavy (non-hydrogen) atoms. The molecule has 0 aliphatic carbocycles. The third-order valence-electron chi connectivity index (χ3n) is 3.02. The topological polar surface area (TPSA) is 52.9 Å². The van der Waals surface area contributed by atoms with Crippen molar-refractivity contribution < 1.29 is 4.79 Å². The minimum Gasteiger partial charge on any atom is -0.333 e. The fraction of sp³-hybridized carbons (Fsp3) is 0.385. The first-order valence-electron chi connectivity index (χ1n) is 5.64. The average molecular weight is 325 g/mol. The predicted molar refractivity (Wildman–Crippen MR) is 76.6 cm³/mol. The van der Waals surface area contributed by atoms with E-state index >= 15 is 0 Å². The summed E-state index contributed by atoms with van der Waals surface area (Å²) < 4.78 is 0.905. The van der Waals surface area contributed by atoms with Gasteiger partial charge < -0.3 is 5.32 Å². The van der Waals surface area contributed by atoms with Gasteiger partial charge in [0.25, 0.3) is 5.91 Å². The quantitative estimate of drug-likeness (QED) is 0.910. The maximum atomic E-state index is 12.1. The van der Waals surface area contributed by atoms with Crippen molar-refractivity contribution in [2.45, 2.75) is 18.9 Å². The van der Waals surface area contributed by atoms with Crippen LogP contribution in [0.5, 0.6) is 0 Å². The number of carbonyl (C=O) groups excluding carboxylic acids is 1. The van der Waals surface area contributed by atoms with Crippen LogP contribution in [0.4, 0.5) is 0 Å². The van der Waals surface area contributed by atoms with Gasteiger partial charge in [0.15, 0.2) is 0 Å². The molecule has 1 saturated heterocycles. The standard InChI is InChI=1S/C13H13BrN2OS/c1-9-2-3-10(6-11(9)14)12(17)16-13(7-15)4-5-18-8-13/h2-3,6H,4-5,8H2,1H3,(H,16,17)/t13-/m1/s1. The zero-order valence-electron chi connectivity index (χ0n) is 10.00. The largest absolute Gasteiger partial charge is 0.333 e. The number of aryl methyl sites for hydroxylation is 1. The van der Waals surface area contributed by atoms with E-state index in [0.29, 0.717) is 17.7 Å². The number of halogens is 1. The SMILES string of the molecule is Cc1ccc(C(=O)N[C@@]2(C#N)CCSC2)cc1Br. The van der Waals surface area contributed by atoms with Gasteiger partial charge in [-0.3, -0.25) is 4.79 Å². The summed E-state index contributed by atoms with van der Waals surface area (Å²) in [6.07, 6.45) is 0.715. The Kier molecular flexibility index (Phi) is 3.98. The number of nitriles is 1. The van der Waals surface area contributed by atoms with E-state index in [1.54, 1.807) is 23.9 Å². The molecule has 1 atom stereocenters. The van der Waals surface area contributed by atoms with Gasteiger partial charge in [-0.2, -0.15) is 17.0 Å². The van der Waals surface area contributed by atoms with E-state index in [9.17, 15) is 10.1 Å². The van der Waals surface area contributed by atoms with Crippen molar-refractivity contribution in [2.24, 2.45) is 0 Å². The lowest BCUT2D eigenvalue weighted by Gasteiger charge is -2.21. The Morgan fingerprint density at radius 1 is 1.61 bits per heavy atom. The maximum absolute atomic E-state index is 12.1. The second-order valence-corrected chi connectivity index (χ2v) is 6.37. The third kappa shape index (κ3) is 2.70. The highest BCUT2D eigenvalue weighted by Crippen LogP contribution is 2.28. The van der Waals surface area contributed by atoms with Gasteiger partial charge in [-0.1, -0.05) is 22.0 Å². The highest BCUT2D eigenvalue weighted by Gasteiger charge is 2.36. The van der Waals surface area contributed by atoms with E-state index in [1.807, 2.05) is 13.0 Å². The summed E-state index contributed by atoms with van der Waals surface area (Å²) >= 11 is 5.11. The molecule has 0 saturated carbocycles. The number of hydrogen-bond acceptors (Lipinski definition) is 3. The molecule has 1 aliphatic rings. The number of nitrogens with zero attached hydrogens (tertiary/aromatic N) is 1. The van der Waals surface area contributed by atoms with Crippen LogP contribution >= 0.6 is 27.7 Å². The second kappa shape index (κ2) is 5.33. The number of carbonyl (C=O) groups is 1. The molecule has 94 valence electrons. The number of hydrogen-bond donors (Lipinski definition) is 1. The molecule has 1 N–H and O–H groups in total. The van der Waals surface area contributed by atoms with Crippen molar-refractivity contribution in [2.75, 3.05) is 11.5 Å². The zero-order chi connectivity index (χ0) is 13.2. The molecule has 1 aromatic rings. The Balaban J connectivity index is 2.17. The molecule has 0 unspecified atom stereocenters. The van der Waals surface area contributed by atoms with Gasteiger partial charge in [-0.15, -0.1) is 0 Å². The van der Waals surface area contributed by atoms with E-state index < -0.39 is 5.54 Å². The maximum Gasteiger partial charge on any atom is 0.252 e. The van der Waals surface area contributed by atoms with Gasteiger partial charge in [-0.25, -0.2) is 0 Å². The Bertz CT molecular complexity index is 518. The fourth-order valence-electron chi connectivity index (χ4n) is 1.80. The molecule has 1 fully saturated rings. The van der Waals surface area contributed by atoms with E-state index in [2.05, 4.69) is 27.3 Å². The molecule has 1 amide bonds. The first kappa shape index (κ1) is 13.4. The van der Waals surface area contributed by atoms with Crippen LogP contribution in [0.2, 0.25) is 0 Å². The average Bonchev–Trinajstić information content (AvgIpc) is 2.82. The van der Waals surface area contributed by atoms with Crippen molar-refractivity contribution >= 4 is 33.6 Å². The molecule has 1 heterocycles. The second-order valence-electron chi connectivity index (χ2n) is 4.41. The Labute approximate surface area is 119 Å². The molecular formula is C13H13BrN2OS. The normalized spacial score (nSPS) is 22.5. The number of benzene rings is 1. The van der Waals surface area contributed by atoms with Crippen LogP contribution in [0.3, 0.4) is 0 Å². The molecule has 0 spiro atoms. The van der Waals surface area contributed by atoms with Crippen molar-refractivity contribution in [1.82, 2.24) is 5.32 Å². The molecule has 5 heteroatoms. The third-order valence-corrected chi connectivity index (χ3v) is 5.07. The van der Waals surface area contributed by atoms with Crippen LogP contribution in [0.15, 0.2) is 22.7 Å². The lowest BCUT2D eigenvalue weighted by atomic mass is 10.0. The smallest absolute Gasteiger partial charge is 0.252 e. The molecule has 1 aromatic carbocycles. The van der Waals surface area contributed by atoms with Crippen LogP contribution in [-0.4, -0.2) is 23.0 Å². The summed E-state index contributed by atoms with van der Waals surface area (Å²) in [5, 5.41) is 12.1. The number of rotatable bonds is 2.